The number of carbonyl (C=O) groups excluding carboxylic acids is 1. The standard InChI is InChI=1S/C15H16N4O4/c16-8-11(9-17-10-12-4-3-7-23-12)15(20)18-13-5-1-2-6-14(13)19(21)22/h1-2,5-6,9,12,17H,3-4,7,10H2,(H,18,20)/b11-9-. The van der Waals surface area contributed by atoms with Gasteiger partial charge in [-0.2, -0.15) is 5.26 Å². The lowest BCUT2D eigenvalue weighted by atomic mass is 10.2. The van der Waals surface area contributed by atoms with E-state index >= 15 is 0 Å². The molecule has 1 saturated heterocycles. The average molecular weight is 316 g/mol. The van der Waals surface area contributed by atoms with Crippen LogP contribution >= 0.6 is 0 Å². The Morgan fingerprint density at radius 2 is 2.30 bits per heavy atom. The van der Waals surface area contributed by atoms with E-state index in [1.165, 1.54) is 24.4 Å². The van der Waals surface area contributed by atoms with E-state index in [2.05, 4.69) is 10.6 Å². The van der Waals surface area contributed by atoms with E-state index in [9.17, 15) is 14.9 Å². The quantitative estimate of drug-likeness (QED) is 0.357. The summed E-state index contributed by atoms with van der Waals surface area (Å²) in [5.41, 5.74) is -0.352. The van der Waals surface area contributed by atoms with E-state index in [-0.39, 0.29) is 23.1 Å². The van der Waals surface area contributed by atoms with Crippen molar-refractivity contribution in [1.82, 2.24) is 5.32 Å². The van der Waals surface area contributed by atoms with Gasteiger partial charge in [0.2, 0.25) is 0 Å². The molecule has 1 amide bonds. The normalized spacial score (nSPS) is 17.3. The highest BCUT2D eigenvalue weighted by Crippen LogP contribution is 2.23. The molecule has 1 heterocycles. The molecule has 1 aromatic carbocycles. The molecule has 2 N–H and O–H groups in total. The maximum Gasteiger partial charge on any atom is 0.292 e. The Labute approximate surface area is 132 Å². The van der Waals surface area contributed by atoms with Crippen LogP contribution in [0.25, 0.3) is 0 Å². The Balaban J connectivity index is 2.00. The highest BCUT2D eigenvalue weighted by Gasteiger charge is 2.18. The largest absolute Gasteiger partial charge is 0.387 e. The number of hydrogen-bond acceptors (Lipinski definition) is 6. The zero-order valence-electron chi connectivity index (χ0n) is 12.3. The number of anilines is 1. The number of nitro groups is 1. The second-order valence-corrected chi connectivity index (χ2v) is 4.94. The molecular weight excluding hydrogens is 300 g/mol. The number of para-hydroxylation sites is 2. The molecule has 8 nitrogen and oxygen atoms in total. The molecule has 8 heteroatoms. The Morgan fingerprint density at radius 1 is 1.52 bits per heavy atom. The number of carbonyl (C=O) groups is 1. The van der Waals surface area contributed by atoms with E-state index in [0.717, 1.165) is 19.4 Å². The number of nitriles is 1. The SMILES string of the molecule is N#C/C(=C/NCC1CCCO1)C(=O)Nc1ccccc1[N+](=O)[O-]. The summed E-state index contributed by atoms with van der Waals surface area (Å²) in [5.74, 6) is -0.707. The summed E-state index contributed by atoms with van der Waals surface area (Å²) in [7, 11) is 0. The number of amides is 1. The topological polar surface area (TPSA) is 117 Å². The Morgan fingerprint density at radius 3 is 2.96 bits per heavy atom. The van der Waals surface area contributed by atoms with E-state index in [1.54, 1.807) is 12.1 Å². The maximum absolute atomic E-state index is 12.0. The van der Waals surface area contributed by atoms with Crippen molar-refractivity contribution < 1.29 is 14.5 Å². The molecule has 1 fully saturated rings. The zero-order chi connectivity index (χ0) is 16.7. The molecule has 2 rings (SSSR count). The van der Waals surface area contributed by atoms with Gasteiger partial charge in [0.05, 0.1) is 11.0 Å². The Bertz CT molecular complexity index is 660. The fourth-order valence-electron chi connectivity index (χ4n) is 2.17. The van der Waals surface area contributed by atoms with E-state index in [1.807, 2.05) is 0 Å². The van der Waals surface area contributed by atoms with Gasteiger partial charge >= 0.3 is 0 Å². The molecule has 1 aliphatic heterocycles. The van der Waals surface area contributed by atoms with Gasteiger partial charge in [-0.05, 0) is 18.9 Å². The van der Waals surface area contributed by atoms with Gasteiger partial charge in [0.15, 0.2) is 0 Å². The predicted molar refractivity (Wildman–Crippen MR) is 82.4 cm³/mol. The number of nitrogens with zero attached hydrogens (tertiary/aromatic N) is 2. The van der Waals surface area contributed by atoms with Crippen LogP contribution in [0.5, 0.6) is 0 Å². The number of rotatable bonds is 6. The summed E-state index contributed by atoms with van der Waals surface area (Å²) in [6.07, 6.45) is 3.31. The molecule has 1 atom stereocenters. The summed E-state index contributed by atoms with van der Waals surface area (Å²) in [4.78, 5) is 22.4. The molecule has 0 aliphatic carbocycles. The predicted octanol–water partition coefficient (Wildman–Crippen LogP) is 1.71. The first-order valence-corrected chi connectivity index (χ1v) is 7.12. The first-order chi connectivity index (χ1) is 11.1. The molecule has 0 saturated carbocycles. The van der Waals surface area contributed by atoms with Gasteiger partial charge in [0, 0.05) is 25.4 Å². The molecule has 1 unspecified atom stereocenters. The van der Waals surface area contributed by atoms with Gasteiger partial charge in [0.25, 0.3) is 11.6 Å². The van der Waals surface area contributed by atoms with Crippen LogP contribution in [-0.4, -0.2) is 30.1 Å². The van der Waals surface area contributed by atoms with Crippen molar-refractivity contribution in [1.29, 1.82) is 5.26 Å². The molecule has 0 spiro atoms. The zero-order valence-corrected chi connectivity index (χ0v) is 12.3. The minimum atomic E-state index is -0.707. The molecule has 0 aromatic heterocycles. The van der Waals surface area contributed by atoms with E-state index in [4.69, 9.17) is 10.00 Å². The number of ether oxygens (including phenoxy) is 1. The second kappa shape index (κ2) is 7.91. The van der Waals surface area contributed by atoms with Gasteiger partial charge in [-0.15, -0.1) is 0 Å². The molecule has 1 aliphatic rings. The maximum atomic E-state index is 12.0. The fraction of sp³-hybridized carbons (Fsp3) is 0.333. The summed E-state index contributed by atoms with van der Waals surface area (Å²) in [6.45, 7) is 1.23. The summed E-state index contributed by atoms with van der Waals surface area (Å²) in [5, 5.41) is 25.2. The third-order valence-corrected chi connectivity index (χ3v) is 3.33. The highest BCUT2D eigenvalue weighted by molar-refractivity contribution is 6.07. The first-order valence-electron chi connectivity index (χ1n) is 7.12. The van der Waals surface area contributed by atoms with Crippen molar-refractivity contribution >= 4 is 17.3 Å². The van der Waals surface area contributed by atoms with Crippen molar-refractivity contribution in [3.8, 4) is 6.07 Å². The van der Waals surface area contributed by atoms with Gasteiger partial charge in [0.1, 0.15) is 17.3 Å². The summed E-state index contributed by atoms with van der Waals surface area (Å²) < 4.78 is 5.42. The van der Waals surface area contributed by atoms with Crippen LogP contribution in [0.1, 0.15) is 12.8 Å². The van der Waals surface area contributed by atoms with Crippen molar-refractivity contribution in [2.75, 3.05) is 18.5 Å². The molecule has 0 radical (unpaired) electrons. The smallest absolute Gasteiger partial charge is 0.292 e. The average Bonchev–Trinajstić information content (AvgIpc) is 3.05. The Hall–Kier alpha value is -2.92. The molecule has 120 valence electrons. The fourth-order valence-corrected chi connectivity index (χ4v) is 2.17. The highest BCUT2D eigenvalue weighted by atomic mass is 16.6. The van der Waals surface area contributed by atoms with Crippen LogP contribution < -0.4 is 10.6 Å². The van der Waals surface area contributed by atoms with Crippen LogP contribution in [-0.2, 0) is 9.53 Å². The van der Waals surface area contributed by atoms with Crippen molar-refractivity contribution in [3.05, 3.63) is 46.2 Å². The lowest BCUT2D eigenvalue weighted by Crippen LogP contribution is -2.24. The first kappa shape index (κ1) is 16.5. The van der Waals surface area contributed by atoms with Crippen LogP contribution in [0.3, 0.4) is 0 Å². The number of benzene rings is 1. The summed E-state index contributed by atoms with van der Waals surface area (Å²) in [6, 6.07) is 7.52. The second-order valence-electron chi connectivity index (χ2n) is 4.94. The van der Waals surface area contributed by atoms with Crippen LogP contribution in [0.4, 0.5) is 11.4 Å². The van der Waals surface area contributed by atoms with Crippen molar-refractivity contribution in [3.63, 3.8) is 0 Å². The number of nitrogens with one attached hydrogen (secondary N) is 2. The van der Waals surface area contributed by atoms with Gasteiger partial charge < -0.3 is 15.4 Å². The third kappa shape index (κ3) is 4.52. The minimum Gasteiger partial charge on any atom is -0.387 e. The van der Waals surface area contributed by atoms with Crippen LogP contribution in [0.2, 0.25) is 0 Å². The molecule has 0 bridgehead atoms. The van der Waals surface area contributed by atoms with Gasteiger partial charge in [-0.25, -0.2) is 0 Å². The van der Waals surface area contributed by atoms with Gasteiger partial charge in [-0.3, -0.25) is 14.9 Å². The number of nitro benzene ring substituents is 1. The minimum absolute atomic E-state index is 0.0442. The third-order valence-electron chi connectivity index (χ3n) is 3.33. The van der Waals surface area contributed by atoms with E-state index < -0.39 is 10.8 Å². The lowest BCUT2D eigenvalue weighted by molar-refractivity contribution is -0.383. The van der Waals surface area contributed by atoms with E-state index in [0.29, 0.717) is 6.54 Å². The lowest BCUT2D eigenvalue weighted by Gasteiger charge is -2.09. The monoisotopic (exact) mass is 316 g/mol. The van der Waals surface area contributed by atoms with Crippen molar-refractivity contribution in [2.24, 2.45) is 0 Å². The number of hydrogen-bond donors (Lipinski definition) is 2. The molecule has 1 aromatic rings. The summed E-state index contributed by atoms with van der Waals surface area (Å²) >= 11 is 0. The Kier molecular flexibility index (Phi) is 5.66. The van der Waals surface area contributed by atoms with Crippen LogP contribution in [0, 0.1) is 21.4 Å². The molecular formula is C15H16N4O4. The van der Waals surface area contributed by atoms with Gasteiger partial charge in [-0.1, -0.05) is 12.1 Å². The van der Waals surface area contributed by atoms with Crippen LogP contribution in [0.15, 0.2) is 36.0 Å². The van der Waals surface area contributed by atoms with Crippen molar-refractivity contribution in [2.45, 2.75) is 18.9 Å². The molecule has 23 heavy (non-hydrogen) atoms.